The Morgan fingerprint density at radius 2 is 0.846 bits per heavy atom. The molecule has 3 saturated carbocycles. The zero-order valence-electron chi connectivity index (χ0n) is 16.6. The SMILES string of the molecule is CC1CCC(OC(=O)C2CCC(OC(=O)[C@H]3CC[C@@H](C)CC3)CC2)CC1. The summed E-state index contributed by atoms with van der Waals surface area (Å²) >= 11 is 0. The molecule has 0 bridgehead atoms. The van der Waals surface area contributed by atoms with Gasteiger partial charge in [0.25, 0.3) is 0 Å². The summed E-state index contributed by atoms with van der Waals surface area (Å²) in [5.74, 6) is 1.59. The van der Waals surface area contributed by atoms with Crippen LogP contribution in [0.2, 0.25) is 0 Å². The van der Waals surface area contributed by atoms with E-state index in [-0.39, 0.29) is 36.0 Å². The fourth-order valence-electron chi connectivity index (χ4n) is 4.78. The summed E-state index contributed by atoms with van der Waals surface area (Å²) in [6, 6.07) is 0. The standard InChI is InChI=1S/C22H36O4/c1-15-3-7-17(8-4-15)21(23)26-20-13-9-18(10-14-20)22(24)25-19-11-5-16(2)6-12-19/h15-20H,3-14H2,1-2H3/t15-,16?,17+,18?,19?,20?. The van der Waals surface area contributed by atoms with Crippen molar-refractivity contribution in [2.45, 2.75) is 103 Å². The summed E-state index contributed by atoms with van der Waals surface area (Å²) in [5.41, 5.74) is 0. The lowest BCUT2D eigenvalue weighted by Gasteiger charge is -2.31. The summed E-state index contributed by atoms with van der Waals surface area (Å²) < 4.78 is 11.5. The van der Waals surface area contributed by atoms with Crippen LogP contribution in [0.3, 0.4) is 0 Å². The molecule has 0 N–H and O–H groups in total. The fraction of sp³-hybridized carbons (Fsp3) is 0.909. The van der Waals surface area contributed by atoms with Gasteiger partial charge < -0.3 is 9.47 Å². The smallest absolute Gasteiger partial charge is 0.309 e. The summed E-state index contributed by atoms with van der Waals surface area (Å²) in [4.78, 5) is 24.8. The van der Waals surface area contributed by atoms with Crippen LogP contribution >= 0.6 is 0 Å². The van der Waals surface area contributed by atoms with Crippen molar-refractivity contribution in [2.24, 2.45) is 23.7 Å². The van der Waals surface area contributed by atoms with Gasteiger partial charge in [-0.1, -0.05) is 13.8 Å². The molecular weight excluding hydrogens is 328 g/mol. The van der Waals surface area contributed by atoms with Crippen molar-refractivity contribution in [2.75, 3.05) is 0 Å². The molecule has 0 spiro atoms. The summed E-state index contributed by atoms with van der Waals surface area (Å²) in [5, 5.41) is 0. The number of carbonyl (C=O) groups is 2. The molecule has 4 nitrogen and oxygen atoms in total. The molecule has 0 atom stereocenters. The van der Waals surface area contributed by atoms with E-state index >= 15 is 0 Å². The van der Waals surface area contributed by atoms with Gasteiger partial charge in [0.05, 0.1) is 11.8 Å². The van der Waals surface area contributed by atoms with Crippen LogP contribution in [0.1, 0.15) is 90.9 Å². The van der Waals surface area contributed by atoms with Gasteiger partial charge in [0.2, 0.25) is 0 Å². The van der Waals surface area contributed by atoms with Crippen LogP contribution in [0.5, 0.6) is 0 Å². The van der Waals surface area contributed by atoms with E-state index in [9.17, 15) is 9.59 Å². The third-order valence-corrected chi connectivity index (χ3v) is 6.89. The number of rotatable bonds is 4. The molecule has 0 aromatic rings. The first-order chi connectivity index (χ1) is 12.5. The predicted molar refractivity (Wildman–Crippen MR) is 100 cm³/mol. The number of carbonyl (C=O) groups excluding carboxylic acids is 2. The van der Waals surface area contributed by atoms with Gasteiger partial charge >= 0.3 is 11.9 Å². The first-order valence-corrected chi connectivity index (χ1v) is 10.9. The van der Waals surface area contributed by atoms with Crippen molar-refractivity contribution in [1.29, 1.82) is 0 Å². The average molecular weight is 365 g/mol. The highest BCUT2D eigenvalue weighted by Crippen LogP contribution is 2.33. The lowest BCUT2D eigenvalue weighted by molar-refractivity contribution is -0.161. The summed E-state index contributed by atoms with van der Waals surface area (Å²) in [6.45, 7) is 4.53. The zero-order valence-corrected chi connectivity index (χ0v) is 16.6. The third-order valence-electron chi connectivity index (χ3n) is 6.89. The molecule has 3 aliphatic carbocycles. The van der Waals surface area contributed by atoms with Gasteiger partial charge in [0.15, 0.2) is 0 Å². The van der Waals surface area contributed by atoms with Gasteiger partial charge in [-0.05, 0) is 88.9 Å². The highest BCUT2D eigenvalue weighted by molar-refractivity contribution is 5.73. The van der Waals surface area contributed by atoms with Gasteiger partial charge in [0.1, 0.15) is 12.2 Å². The van der Waals surface area contributed by atoms with Crippen LogP contribution in [-0.2, 0) is 19.1 Å². The third kappa shape index (κ3) is 5.47. The Kier molecular flexibility index (Phi) is 6.99. The molecule has 4 heteroatoms. The van der Waals surface area contributed by atoms with Gasteiger partial charge in [-0.25, -0.2) is 0 Å². The van der Waals surface area contributed by atoms with Crippen LogP contribution in [0.25, 0.3) is 0 Å². The molecule has 0 heterocycles. The maximum atomic E-state index is 12.4. The maximum Gasteiger partial charge on any atom is 0.309 e. The number of hydrogen-bond acceptors (Lipinski definition) is 4. The van der Waals surface area contributed by atoms with Crippen molar-refractivity contribution >= 4 is 11.9 Å². The number of hydrogen-bond donors (Lipinski definition) is 0. The van der Waals surface area contributed by atoms with E-state index in [1.807, 2.05) is 0 Å². The first kappa shape index (κ1) is 19.7. The van der Waals surface area contributed by atoms with Gasteiger partial charge in [-0.15, -0.1) is 0 Å². The number of ether oxygens (including phenoxy) is 2. The van der Waals surface area contributed by atoms with E-state index in [0.717, 1.165) is 76.0 Å². The Hall–Kier alpha value is -1.06. The van der Waals surface area contributed by atoms with Crippen LogP contribution in [0.4, 0.5) is 0 Å². The molecule has 0 radical (unpaired) electrons. The van der Waals surface area contributed by atoms with Crippen LogP contribution in [0, 0.1) is 23.7 Å². The van der Waals surface area contributed by atoms with E-state index in [4.69, 9.17) is 9.47 Å². The molecular formula is C22H36O4. The Bertz CT molecular complexity index is 465. The van der Waals surface area contributed by atoms with Gasteiger partial charge in [-0.3, -0.25) is 9.59 Å². The Balaban J connectivity index is 1.35. The highest BCUT2D eigenvalue weighted by Gasteiger charge is 2.33. The van der Waals surface area contributed by atoms with E-state index in [1.165, 1.54) is 12.8 Å². The molecule has 26 heavy (non-hydrogen) atoms. The summed E-state index contributed by atoms with van der Waals surface area (Å²) in [6.07, 6.45) is 11.9. The van der Waals surface area contributed by atoms with Crippen LogP contribution < -0.4 is 0 Å². The lowest BCUT2D eigenvalue weighted by atomic mass is 9.83. The fourth-order valence-corrected chi connectivity index (χ4v) is 4.78. The van der Waals surface area contributed by atoms with Crippen molar-refractivity contribution in [3.63, 3.8) is 0 Å². The minimum atomic E-state index is -0.0180. The van der Waals surface area contributed by atoms with Gasteiger partial charge in [-0.2, -0.15) is 0 Å². The molecule has 0 unspecified atom stereocenters. The topological polar surface area (TPSA) is 52.6 Å². The Labute approximate surface area is 158 Å². The van der Waals surface area contributed by atoms with Crippen LogP contribution in [-0.4, -0.2) is 24.1 Å². The van der Waals surface area contributed by atoms with Crippen molar-refractivity contribution < 1.29 is 19.1 Å². The zero-order chi connectivity index (χ0) is 18.5. The van der Waals surface area contributed by atoms with Gasteiger partial charge in [0, 0.05) is 0 Å². The van der Waals surface area contributed by atoms with Crippen molar-refractivity contribution in [1.82, 2.24) is 0 Å². The monoisotopic (exact) mass is 364 g/mol. The second kappa shape index (κ2) is 9.23. The average Bonchev–Trinajstić information content (AvgIpc) is 2.64. The maximum absolute atomic E-state index is 12.4. The second-order valence-corrected chi connectivity index (χ2v) is 9.19. The molecule has 0 aromatic heterocycles. The number of esters is 2. The first-order valence-electron chi connectivity index (χ1n) is 10.9. The molecule has 0 aliphatic heterocycles. The minimum absolute atomic E-state index is 0.000155. The molecule has 3 rings (SSSR count). The van der Waals surface area contributed by atoms with E-state index in [0.29, 0.717) is 0 Å². The largest absolute Gasteiger partial charge is 0.462 e. The van der Waals surface area contributed by atoms with Crippen molar-refractivity contribution in [3.8, 4) is 0 Å². The normalized spacial score (nSPS) is 38.4. The summed E-state index contributed by atoms with van der Waals surface area (Å²) in [7, 11) is 0. The molecule has 0 amide bonds. The highest BCUT2D eigenvalue weighted by atomic mass is 16.5. The predicted octanol–water partition coefficient (Wildman–Crippen LogP) is 5.04. The Morgan fingerprint density at radius 1 is 0.538 bits per heavy atom. The lowest BCUT2D eigenvalue weighted by Crippen LogP contribution is -2.33. The van der Waals surface area contributed by atoms with Crippen molar-refractivity contribution in [3.05, 3.63) is 0 Å². The minimum Gasteiger partial charge on any atom is -0.462 e. The molecule has 3 fully saturated rings. The Morgan fingerprint density at radius 3 is 1.27 bits per heavy atom. The molecule has 0 aromatic carbocycles. The van der Waals surface area contributed by atoms with E-state index in [1.54, 1.807) is 0 Å². The second-order valence-electron chi connectivity index (χ2n) is 9.19. The molecule has 3 aliphatic rings. The van der Waals surface area contributed by atoms with E-state index < -0.39 is 0 Å². The van der Waals surface area contributed by atoms with Crippen LogP contribution in [0.15, 0.2) is 0 Å². The molecule has 148 valence electrons. The molecule has 0 saturated heterocycles. The van der Waals surface area contributed by atoms with E-state index in [2.05, 4.69) is 13.8 Å². The quantitative estimate of drug-likeness (QED) is 0.656.